The highest BCUT2D eigenvalue weighted by Crippen LogP contribution is 2.15. The third-order valence-electron chi connectivity index (χ3n) is 1.95. The Kier molecular flexibility index (Phi) is 4.24. The summed E-state index contributed by atoms with van der Waals surface area (Å²) in [5.74, 6) is 0.964. The van der Waals surface area contributed by atoms with Gasteiger partial charge in [-0.25, -0.2) is 0 Å². The van der Waals surface area contributed by atoms with Crippen LogP contribution in [-0.4, -0.2) is 6.61 Å². The molecule has 75 valence electrons. The molecule has 0 saturated carbocycles. The highest BCUT2D eigenvalue weighted by Gasteiger charge is 1.95. The van der Waals surface area contributed by atoms with E-state index in [1.165, 1.54) is 5.57 Å². The van der Waals surface area contributed by atoms with E-state index < -0.39 is 0 Å². The monoisotopic (exact) mass is 189 g/mol. The van der Waals surface area contributed by atoms with Gasteiger partial charge in [-0.05, 0) is 51.0 Å². The molecule has 0 atom stereocenters. The summed E-state index contributed by atoms with van der Waals surface area (Å²) in [6, 6.07) is 8.79. The topological polar surface area (TPSA) is 9.23 Å². The SMILES string of the molecule is CC(C)=CCCOc1cc[c]cc1C. The molecule has 1 aromatic rings. The van der Waals surface area contributed by atoms with Crippen molar-refractivity contribution in [3.8, 4) is 5.75 Å². The number of allylic oxidation sites excluding steroid dienone is 1. The molecule has 0 unspecified atom stereocenters. The Morgan fingerprint density at radius 2 is 2.29 bits per heavy atom. The third kappa shape index (κ3) is 3.65. The Morgan fingerprint density at radius 1 is 1.50 bits per heavy atom. The van der Waals surface area contributed by atoms with Crippen LogP contribution in [0.2, 0.25) is 0 Å². The van der Waals surface area contributed by atoms with Crippen LogP contribution in [0.25, 0.3) is 0 Å². The van der Waals surface area contributed by atoms with E-state index in [1.54, 1.807) is 0 Å². The zero-order chi connectivity index (χ0) is 10.4. The first-order valence-corrected chi connectivity index (χ1v) is 4.93. The lowest BCUT2D eigenvalue weighted by Crippen LogP contribution is -1.97. The molecular formula is C13H17O. The number of rotatable bonds is 4. The van der Waals surface area contributed by atoms with Crippen LogP contribution in [-0.2, 0) is 0 Å². The lowest BCUT2D eigenvalue weighted by Gasteiger charge is -2.06. The van der Waals surface area contributed by atoms with Crippen molar-refractivity contribution in [1.29, 1.82) is 0 Å². The summed E-state index contributed by atoms with van der Waals surface area (Å²) >= 11 is 0. The van der Waals surface area contributed by atoms with Gasteiger partial charge in [0.05, 0.1) is 6.61 Å². The zero-order valence-electron chi connectivity index (χ0n) is 9.13. The van der Waals surface area contributed by atoms with Crippen molar-refractivity contribution in [3.63, 3.8) is 0 Å². The van der Waals surface area contributed by atoms with E-state index in [9.17, 15) is 0 Å². The average molecular weight is 189 g/mol. The first-order chi connectivity index (χ1) is 6.70. The lowest BCUT2D eigenvalue weighted by atomic mass is 10.2. The van der Waals surface area contributed by atoms with Crippen LogP contribution in [0.1, 0.15) is 25.8 Å². The summed E-state index contributed by atoms with van der Waals surface area (Å²) in [5, 5.41) is 0. The summed E-state index contributed by atoms with van der Waals surface area (Å²) in [7, 11) is 0. The fraction of sp³-hybridized carbons (Fsp3) is 0.385. The summed E-state index contributed by atoms with van der Waals surface area (Å²) in [6.07, 6.45) is 3.16. The number of benzene rings is 1. The quantitative estimate of drug-likeness (QED) is 0.520. The molecule has 1 radical (unpaired) electrons. The summed E-state index contributed by atoms with van der Waals surface area (Å²) in [5.41, 5.74) is 2.48. The maximum atomic E-state index is 5.62. The van der Waals surface area contributed by atoms with E-state index in [-0.39, 0.29) is 0 Å². The number of hydrogen-bond acceptors (Lipinski definition) is 1. The first-order valence-electron chi connectivity index (χ1n) is 4.93. The Hall–Kier alpha value is -1.24. The van der Waals surface area contributed by atoms with Crippen LogP contribution in [0.4, 0.5) is 0 Å². The maximum absolute atomic E-state index is 5.62. The Bertz CT molecular complexity index is 309. The molecule has 0 bridgehead atoms. The normalized spacial score (nSPS) is 9.64. The molecule has 0 aliphatic carbocycles. The molecular weight excluding hydrogens is 172 g/mol. The van der Waals surface area contributed by atoms with Crippen molar-refractivity contribution >= 4 is 0 Å². The smallest absolute Gasteiger partial charge is 0.122 e. The van der Waals surface area contributed by atoms with Crippen LogP contribution < -0.4 is 4.74 Å². The van der Waals surface area contributed by atoms with Gasteiger partial charge in [0.15, 0.2) is 0 Å². The Labute approximate surface area is 86.4 Å². The minimum absolute atomic E-state index is 0.746. The fourth-order valence-corrected chi connectivity index (χ4v) is 1.18. The first kappa shape index (κ1) is 10.8. The number of aryl methyl sites for hydroxylation is 1. The third-order valence-corrected chi connectivity index (χ3v) is 1.95. The largest absolute Gasteiger partial charge is 0.493 e. The molecule has 0 N–H and O–H groups in total. The molecule has 0 amide bonds. The van der Waals surface area contributed by atoms with Crippen molar-refractivity contribution in [2.24, 2.45) is 0 Å². The van der Waals surface area contributed by atoms with E-state index in [1.807, 2.05) is 25.1 Å². The molecule has 0 aliphatic rings. The van der Waals surface area contributed by atoms with Gasteiger partial charge in [0.25, 0.3) is 0 Å². The average Bonchev–Trinajstić information content (AvgIpc) is 2.15. The molecule has 0 saturated heterocycles. The second-order valence-electron chi connectivity index (χ2n) is 3.61. The van der Waals surface area contributed by atoms with E-state index in [0.717, 1.165) is 24.3 Å². The van der Waals surface area contributed by atoms with Gasteiger partial charge in [-0.3, -0.25) is 0 Å². The molecule has 0 aliphatic heterocycles. The molecule has 1 rings (SSSR count). The molecule has 1 aromatic carbocycles. The standard InChI is InChI=1S/C13H17O/c1-11(2)7-6-10-14-13-9-5-4-8-12(13)3/h5,7-9H,6,10H2,1-3H3. The van der Waals surface area contributed by atoms with Gasteiger partial charge in [-0.15, -0.1) is 0 Å². The second-order valence-corrected chi connectivity index (χ2v) is 3.61. The van der Waals surface area contributed by atoms with Crippen molar-refractivity contribution in [2.45, 2.75) is 27.2 Å². The van der Waals surface area contributed by atoms with Crippen molar-refractivity contribution in [2.75, 3.05) is 6.61 Å². The number of ether oxygens (including phenoxy) is 1. The molecule has 1 heteroatoms. The van der Waals surface area contributed by atoms with E-state index in [2.05, 4.69) is 26.0 Å². The van der Waals surface area contributed by atoms with Gasteiger partial charge in [0, 0.05) is 0 Å². The highest BCUT2D eigenvalue weighted by atomic mass is 16.5. The van der Waals surface area contributed by atoms with Crippen LogP contribution in [0.3, 0.4) is 0 Å². The van der Waals surface area contributed by atoms with Crippen molar-refractivity contribution < 1.29 is 4.74 Å². The predicted octanol–water partition coefficient (Wildman–Crippen LogP) is 3.53. The fourth-order valence-electron chi connectivity index (χ4n) is 1.18. The summed E-state index contributed by atoms with van der Waals surface area (Å²) < 4.78 is 5.62. The van der Waals surface area contributed by atoms with Crippen LogP contribution in [0.5, 0.6) is 5.75 Å². The van der Waals surface area contributed by atoms with Crippen molar-refractivity contribution in [3.05, 3.63) is 41.5 Å². The van der Waals surface area contributed by atoms with Crippen LogP contribution >= 0.6 is 0 Å². The minimum Gasteiger partial charge on any atom is -0.493 e. The van der Waals surface area contributed by atoms with Gasteiger partial charge in [0.2, 0.25) is 0 Å². The lowest BCUT2D eigenvalue weighted by molar-refractivity contribution is 0.322. The van der Waals surface area contributed by atoms with E-state index in [4.69, 9.17) is 4.74 Å². The van der Waals surface area contributed by atoms with Gasteiger partial charge < -0.3 is 4.74 Å². The van der Waals surface area contributed by atoms with Gasteiger partial charge in [0.1, 0.15) is 5.75 Å². The van der Waals surface area contributed by atoms with E-state index >= 15 is 0 Å². The molecule has 0 heterocycles. The Balaban J connectivity index is 2.39. The minimum atomic E-state index is 0.746. The molecule has 0 spiro atoms. The van der Waals surface area contributed by atoms with Gasteiger partial charge in [-0.2, -0.15) is 0 Å². The Morgan fingerprint density at radius 3 is 2.93 bits per heavy atom. The summed E-state index contributed by atoms with van der Waals surface area (Å²) in [4.78, 5) is 0. The second kappa shape index (κ2) is 5.48. The summed E-state index contributed by atoms with van der Waals surface area (Å²) in [6.45, 7) is 6.98. The van der Waals surface area contributed by atoms with Gasteiger partial charge >= 0.3 is 0 Å². The highest BCUT2D eigenvalue weighted by molar-refractivity contribution is 5.31. The van der Waals surface area contributed by atoms with Crippen molar-refractivity contribution in [1.82, 2.24) is 0 Å². The molecule has 14 heavy (non-hydrogen) atoms. The molecule has 0 fully saturated rings. The van der Waals surface area contributed by atoms with Crippen LogP contribution in [0.15, 0.2) is 29.8 Å². The zero-order valence-corrected chi connectivity index (χ0v) is 9.13. The molecule has 0 aromatic heterocycles. The van der Waals surface area contributed by atoms with E-state index in [0.29, 0.717) is 0 Å². The molecule has 1 nitrogen and oxygen atoms in total. The predicted molar refractivity (Wildman–Crippen MR) is 59.6 cm³/mol. The maximum Gasteiger partial charge on any atom is 0.122 e. The van der Waals surface area contributed by atoms with Crippen LogP contribution in [0, 0.1) is 13.0 Å². The number of hydrogen-bond donors (Lipinski definition) is 0. The van der Waals surface area contributed by atoms with Gasteiger partial charge in [-0.1, -0.05) is 17.7 Å².